The Morgan fingerprint density at radius 1 is 1.42 bits per heavy atom. The molecule has 1 aromatic heterocycles. The van der Waals surface area contributed by atoms with Gasteiger partial charge in [-0.1, -0.05) is 12.1 Å². The largest absolute Gasteiger partial charge is 0.481 e. The molecule has 2 saturated heterocycles. The Labute approximate surface area is 148 Å². The van der Waals surface area contributed by atoms with Gasteiger partial charge in [0.2, 0.25) is 11.8 Å². The summed E-state index contributed by atoms with van der Waals surface area (Å²) in [7, 11) is 0. The van der Waals surface area contributed by atoms with E-state index in [2.05, 4.69) is 10.3 Å². The van der Waals surface area contributed by atoms with Crippen LogP contribution in [0.15, 0.2) is 18.2 Å². The monoisotopic (exact) mass is 359 g/mol. The minimum atomic E-state index is -1.26. The van der Waals surface area contributed by atoms with Crippen LogP contribution in [0.5, 0.6) is 0 Å². The molecule has 0 aliphatic carbocycles. The highest BCUT2D eigenvalue weighted by Gasteiger charge is 2.60. The van der Waals surface area contributed by atoms with Crippen LogP contribution in [0.3, 0.4) is 0 Å². The van der Waals surface area contributed by atoms with Gasteiger partial charge in [-0.3, -0.25) is 14.4 Å². The number of para-hydroxylation sites is 1. The molecule has 2 aliphatic heterocycles. The van der Waals surface area contributed by atoms with Crippen LogP contribution >= 0.6 is 0 Å². The van der Waals surface area contributed by atoms with Gasteiger partial charge in [0.25, 0.3) is 0 Å². The van der Waals surface area contributed by atoms with Gasteiger partial charge in [-0.15, -0.1) is 0 Å². The molecule has 2 aromatic rings. The lowest BCUT2D eigenvalue weighted by Crippen LogP contribution is -2.41. The summed E-state index contributed by atoms with van der Waals surface area (Å²) in [5, 5.41) is 12.8. The Hall–Kier alpha value is -2.90. The molecule has 2 atom stereocenters. The third-order valence-corrected chi connectivity index (χ3v) is 5.65. The fourth-order valence-corrected chi connectivity index (χ4v) is 4.13. The van der Waals surface area contributed by atoms with Gasteiger partial charge in [0.1, 0.15) is 11.2 Å². The van der Waals surface area contributed by atoms with Crippen molar-refractivity contribution in [2.45, 2.75) is 13.3 Å². The van der Waals surface area contributed by atoms with Gasteiger partial charge in [-0.05, 0) is 18.6 Å². The number of aliphatic carboxylic acids is 1. The summed E-state index contributed by atoms with van der Waals surface area (Å²) in [6.45, 7) is 1.90. The molecule has 26 heavy (non-hydrogen) atoms. The van der Waals surface area contributed by atoms with E-state index in [1.807, 2.05) is 0 Å². The number of halogens is 1. The van der Waals surface area contributed by atoms with Gasteiger partial charge >= 0.3 is 5.97 Å². The smallest absolute Gasteiger partial charge is 0.314 e. The van der Waals surface area contributed by atoms with Crippen molar-refractivity contribution in [1.29, 1.82) is 0 Å². The van der Waals surface area contributed by atoms with Gasteiger partial charge in [-0.2, -0.15) is 0 Å². The van der Waals surface area contributed by atoms with Crippen molar-refractivity contribution in [1.82, 2.24) is 15.2 Å². The van der Waals surface area contributed by atoms with Crippen molar-refractivity contribution < 1.29 is 23.9 Å². The van der Waals surface area contributed by atoms with Gasteiger partial charge in [0, 0.05) is 30.7 Å². The molecule has 0 saturated carbocycles. The van der Waals surface area contributed by atoms with Gasteiger partial charge in [-0.25, -0.2) is 4.39 Å². The first-order valence-corrected chi connectivity index (χ1v) is 8.38. The van der Waals surface area contributed by atoms with E-state index in [0.717, 1.165) is 0 Å². The minimum Gasteiger partial charge on any atom is -0.481 e. The first-order chi connectivity index (χ1) is 12.3. The fourth-order valence-electron chi connectivity index (χ4n) is 4.13. The van der Waals surface area contributed by atoms with Crippen LogP contribution in [0.25, 0.3) is 10.9 Å². The molecule has 0 spiro atoms. The maximum absolute atomic E-state index is 13.9. The summed E-state index contributed by atoms with van der Waals surface area (Å²) < 4.78 is 13.9. The maximum Gasteiger partial charge on any atom is 0.314 e. The molecule has 2 fully saturated rings. The number of nitrogens with one attached hydrogen (secondary N) is 2. The number of carbonyl (C=O) groups is 3. The van der Waals surface area contributed by atoms with Gasteiger partial charge in [0.15, 0.2) is 0 Å². The predicted molar refractivity (Wildman–Crippen MR) is 89.8 cm³/mol. The molecule has 4 rings (SSSR count). The summed E-state index contributed by atoms with van der Waals surface area (Å²) in [4.78, 5) is 40.9. The molecule has 8 heteroatoms. The van der Waals surface area contributed by atoms with Crippen LogP contribution in [0.4, 0.5) is 4.39 Å². The molecule has 136 valence electrons. The van der Waals surface area contributed by atoms with Crippen molar-refractivity contribution in [2.24, 2.45) is 11.3 Å². The van der Waals surface area contributed by atoms with Crippen LogP contribution in [0.1, 0.15) is 11.3 Å². The van der Waals surface area contributed by atoms with Gasteiger partial charge in [0.05, 0.1) is 17.9 Å². The topological polar surface area (TPSA) is 103 Å². The van der Waals surface area contributed by atoms with Gasteiger partial charge < -0.3 is 20.3 Å². The Bertz CT molecular complexity index is 953. The average Bonchev–Trinajstić information content (AvgIpc) is 3.22. The van der Waals surface area contributed by atoms with E-state index in [1.165, 1.54) is 11.0 Å². The number of amides is 2. The number of carboxylic acids is 1. The van der Waals surface area contributed by atoms with Crippen LogP contribution in [-0.2, 0) is 20.8 Å². The number of benzene rings is 1. The molecule has 3 N–H and O–H groups in total. The number of nitrogens with zero attached hydrogens (tertiary/aromatic N) is 1. The highest BCUT2D eigenvalue weighted by molar-refractivity contribution is 5.95. The third-order valence-electron chi connectivity index (χ3n) is 5.65. The van der Waals surface area contributed by atoms with Crippen molar-refractivity contribution in [3.8, 4) is 0 Å². The van der Waals surface area contributed by atoms with Crippen molar-refractivity contribution in [3.05, 3.63) is 35.3 Å². The molecule has 0 unspecified atom stereocenters. The summed E-state index contributed by atoms with van der Waals surface area (Å²) in [5.41, 5.74) is 0.486. The summed E-state index contributed by atoms with van der Waals surface area (Å²) in [6.07, 6.45) is 0.0271. The molecule has 2 amide bonds. The average molecular weight is 359 g/mol. The number of carbonyl (C=O) groups excluding carboxylic acids is 2. The number of fused-ring (bicyclic) bond motifs is 2. The van der Waals surface area contributed by atoms with E-state index in [9.17, 15) is 23.9 Å². The molecule has 0 radical (unpaired) electrons. The van der Waals surface area contributed by atoms with E-state index in [0.29, 0.717) is 22.2 Å². The second-order valence-corrected chi connectivity index (χ2v) is 7.07. The number of aromatic amines is 1. The highest BCUT2D eigenvalue weighted by atomic mass is 19.1. The number of likely N-dealkylation sites (tertiary alicyclic amines) is 1. The Balaban J connectivity index is 1.61. The molecule has 2 aliphatic rings. The molecule has 3 heterocycles. The minimum absolute atomic E-state index is 0.000335. The lowest BCUT2D eigenvalue weighted by molar-refractivity contribution is -0.150. The zero-order valence-electron chi connectivity index (χ0n) is 14.1. The number of aromatic nitrogens is 1. The number of rotatable bonds is 3. The lowest BCUT2D eigenvalue weighted by Gasteiger charge is -2.22. The first kappa shape index (κ1) is 16.6. The number of aryl methyl sites for hydroxylation is 1. The first-order valence-electron chi connectivity index (χ1n) is 8.38. The van der Waals surface area contributed by atoms with Crippen LogP contribution in [0, 0.1) is 24.1 Å². The van der Waals surface area contributed by atoms with Crippen LogP contribution in [0.2, 0.25) is 0 Å². The number of carboxylic acid groups (broad SMARTS) is 1. The van der Waals surface area contributed by atoms with Crippen molar-refractivity contribution in [2.75, 3.05) is 19.6 Å². The Kier molecular flexibility index (Phi) is 3.54. The van der Waals surface area contributed by atoms with Crippen molar-refractivity contribution in [3.63, 3.8) is 0 Å². The van der Waals surface area contributed by atoms with Crippen LogP contribution in [-0.4, -0.2) is 52.4 Å². The number of H-pyrrole nitrogens is 1. The van der Waals surface area contributed by atoms with E-state index >= 15 is 0 Å². The SMILES string of the molecule is Cc1[nH]c2c(F)cccc2c1CC(=O)N1C[C@H]2C(=O)NC[C@@]2(C(=O)O)C1. The zero-order valence-corrected chi connectivity index (χ0v) is 14.1. The zero-order chi connectivity index (χ0) is 18.6. The van der Waals surface area contributed by atoms with Crippen molar-refractivity contribution >= 4 is 28.7 Å². The van der Waals surface area contributed by atoms with Crippen LogP contribution < -0.4 is 5.32 Å². The second kappa shape index (κ2) is 5.55. The molecule has 1 aromatic carbocycles. The van der Waals surface area contributed by atoms with E-state index in [1.54, 1.807) is 19.1 Å². The molecule has 0 bridgehead atoms. The molecular weight excluding hydrogens is 341 g/mol. The molecular formula is C18H18FN3O4. The Morgan fingerprint density at radius 3 is 2.88 bits per heavy atom. The summed E-state index contributed by atoms with van der Waals surface area (Å²) in [5.74, 6) is -2.78. The quantitative estimate of drug-likeness (QED) is 0.755. The van der Waals surface area contributed by atoms with E-state index < -0.39 is 17.3 Å². The molecule has 7 nitrogen and oxygen atoms in total. The highest BCUT2D eigenvalue weighted by Crippen LogP contribution is 2.40. The fraction of sp³-hybridized carbons (Fsp3) is 0.389. The second-order valence-electron chi connectivity index (χ2n) is 7.07. The lowest BCUT2D eigenvalue weighted by atomic mass is 9.81. The number of hydrogen-bond donors (Lipinski definition) is 3. The standard InChI is InChI=1S/C18H18FN3O4/c1-9-11(10-3-2-4-13(19)15(10)21-9)5-14(23)22-6-12-16(24)20-7-18(12,8-22)17(25)26/h2-4,12,21H,5-8H2,1H3,(H,20,24)(H,25,26)/t12-,18+/m0/s1. The summed E-state index contributed by atoms with van der Waals surface area (Å²) in [6, 6.07) is 4.68. The summed E-state index contributed by atoms with van der Waals surface area (Å²) >= 11 is 0. The van der Waals surface area contributed by atoms with E-state index in [4.69, 9.17) is 0 Å². The maximum atomic E-state index is 13.9. The number of hydrogen-bond acceptors (Lipinski definition) is 3. The Morgan fingerprint density at radius 2 is 2.19 bits per heavy atom. The predicted octanol–water partition coefficient (Wildman–Crippen LogP) is 0.817. The van der Waals surface area contributed by atoms with E-state index in [-0.39, 0.29) is 43.7 Å². The third kappa shape index (κ3) is 2.21. The normalized spacial score (nSPS) is 24.8.